The molecule has 3 aromatic carbocycles. The second kappa shape index (κ2) is 13.3. The molecule has 0 radical (unpaired) electrons. The molecule has 1 N–H and O–H groups in total. The van der Waals surface area contributed by atoms with Gasteiger partial charge in [-0.05, 0) is 80.3 Å². The Morgan fingerprint density at radius 2 is 1.61 bits per heavy atom. The van der Waals surface area contributed by atoms with Gasteiger partial charge in [-0.1, -0.05) is 30.3 Å². The van der Waals surface area contributed by atoms with E-state index in [-0.39, 0.29) is 17.6 Å². The third-order valence-electron chi connectivity index (χ3n) is 8.98. The van der Waals surface area contributed by atoms with Crippen molar-refractivity contribution in [3.8, 4) is 11.5 Å². The predicted molar refractivity (Wildman–Crippen MR) is 168 cm³/mol. The van der Waals surface area contributed by atoms with Crippen molar-refractivity contribution in [1.29, 1.82) is 0 Å². The molecule has 44 heavy (non-hydrogen) atoms. The molecule has 0 spiro atoms. The van der Waals surface area contributed by atoms with E-state index in [2.05, 4.69) is 15.1 Å². The van der Waals surface area contributed by atoms with E-state index in [1.54, 1.807) is 6.07 Å². The molecule has 232 valence electrons. The van der Waals surface area contributed by atoms with Gasteiger partial charge in [-0.2, -0.15) is 0 Å². The van der Waals surface area contributed by atoms with E-state index in [0.717, 1.165) is 55.8 Å². The van der Waals surface area contributed by atoms with E-state index < -0.39 is 12.0 Å². The highest BCUT2D eigenvalue weighted by molar-refractivity contribution is 6.01. The summed E-state index contributed by atoms with van der Waals surface area (Å²) in [6, 6.07) is 18.0. The summed E-state index contributed by atoms with van der Waals surface area (Å²) in [6.45, 7) is 10.0. The quantitative estimate of drug-likeness (QED) is 0.338. The van der Waals surface area contributed by atoms with Crippen LogP contribution in [0.15, 0.2) is 60.7 Å². The molecule has 0 unspecified atom stereocenters. The molecule has 0 saturated carbocycles. The first kappa shape index (κ1) is 29.9. The van der Waals surface area contributed by atoms with Gasteiger partial charge in [0.1, 0.15) is 5.82 Å². The van der Waals surface area contributed by atoms with E-state index in [1.807, 2.05) is 67.3 Å². The molecule has 3 aromatic rings. The largest absolute Gasteiger partial charge is 0.490 e. The molecular formula is C35H41FN4O4. The zero-order chi connectivity index (χ0) is 30.6. The number of amides is 2. The number of carbonyl (C=O) groups is 2. The smallest absolute Gasteiger partial charge is 0.254 e. The summed E-state index contributed by atoms with van der Waals surface area (Å²) in [5.41, 5.74) is 4.04. The Balaban J connectivity index is 1.16. The monoisotopic (exact) mass is 600 g/mol. The van der Waals surface area contributed by atoms with Crippen molar-refractivity contribution in [2.75, 3.05) is 63.9 Å². The maximum absolute atomic E-state index is 14.2. The molecule has 0 aliphatic carbocycles. The van der Waals surface area contributed by atoms with Crippen LogP contribution in [-0.2, 0) is 11.2 Å². The number of nitrogens with zero attached hydrogens (tertiary/aromatic N) is 3. The van der Waals surface area contributed by atoms with Gasteiger partial charge in [-0.15, -0.1) is 0 Å². The van der Waals surface area contributed by atoms with Crippen molar-refractivity contribution in [2.45, 2.75) is 38.6 Å². The van der Waals surface area contributed by atoms with Gasteiger partial charge in [0.15, 0.2) is 11.5 Å². The lowest BCUT2D eigenvalue weighted by molar-refractivity contribution is -0.124. The third-order valence-corrected chi connectivity index (χ3v) is 8.98. The number of halogens is 1. The molecule has 3 aliphatic heterocycles. The van der Waals surface area contributed by atoms with Gasteiger partial charge in [0.05, 0.1) is 30.9 Å². The molecule has 0 bridgehead atoms. The van der Waals surface area contributed by atoms with E-state index in [4.69, 9.17) is 9.47 Å². The molecule has 0 aromatic heterocycles. The van der Waals surface area contributed by atoms with Crippen molar-refractivity contribution >= 4 is 17.5 Å². The highest BCUT2D eigenvalue weighted by Crippen LogP contribution is 2.48. The van der Waals surface area contributed by atoms with Crippen molar-refractivity contribution in [3.63, 3.8) is 0 Å². The minimum Gasteiger partial charge on any atom is -0.490 e. The SMILES string of the molecule is CCOc1cc2c(cc1OCC)[C@@H]1[C@H](C(=O)NCCCN3CCN(c4ccccc4F)CC3)c3ccccc3C(=O)N1CC2. The van der Waals surface area contributed by atoms with Crippen molar-refractivity contribution in [3.05, 3.63) is 88.7 Å². The Kier molecular flexibility index (Phi) is 9.02. The van der Waals surface area contributed by atoms with Gasteiger partial charge in [0.2, 0.25) is 5.91 Å². The number of carbonyl (C=O) groups excluding carboxylic acids is 2. The summed E-state index contributed by atoms with van der Waals surface area (Å²) in [5, 5.41) is 3.21. The van der Waals surface area contributed by atoms with Crippen LogP contribution < -0.4 is 19.7 Å². The van der Waals surface area contributed by atoms with Gasteiger partial charge in [-0.3, -0.25) is 14.5 Å². The zero-order valence-corrected chi connectivity index (χ0v) is 25.6. The van der Waals surface area contributed by atoms with Crippen LogP contribution in [0.3, 0.4) is 0 Å². The molecule has 8 nitrogen and oxygen atoms in total. The summed E-state index contributed by atoms with van der Waals surface area (Å²) in [4.78, 5) is 34.0. The number of para-hydroxylation sites is 1. The molecule has 2 amide bonds. The Hall–Kier alpha value is -4.11. The molecule has 1 fully saturated rings. The van der Waals surface area contributed by atoms with E-state index >= 15 is 0 Å². The van der Waals surface area contributed by atoms with Gasteiger partial charge in [-0.25, -0.2) is 4.39 Å². The van der Waals surface area contributed by atoms with E-state index in [9.17, 15) is 14.0 Å². The number of benzene rings is 3. The fourth-order valence-corrected chi connectivity index (χ4v) is 6.90. The second-order valence-electron chi connectivity index (χ2n) is 11.5. The highest BCUT2D eigenvalue weighted by atomic mass is 19.1. The maximum Gasteiger partial charge on any atom is 0.254 e. The summed E-state index contributed by atoms with van der Waals surface area (Å²) in [5.74, 6) is 0.485. The van der Waals surface area contributed by atoms with Gasteiger partial charge >= 0.3 is 0 Å². The fraction of sp³-hybridized carbons (Fsp3) is 0.429. The molecule has 2 atom stereocenters. The topological polar surface area (TPSA) is 74.4 Å². The van der Waals surface area contributed by atoms with E-state index in [0.29, 0.717) is 55.5 Å². The molecule has 9 heteroatoms. The number of piperazine rings is 1. The standard InChI is InChI=1S/C35H41FN4O4/c1-3-43-30-22-24-14-17-40-33(27(24)23-31(30)44-4-2)32(25-10-5-6-11-26(25)35(40)42)34(41)37-15-9-16-38-18-20-39(21-19-38)29-13-8-7-12-28(29)36/h5-8,10-13,22-23,32-33H,3-4,9,14-21H2,1-2H3,(H,37,41)/t32-,33-/m1/s1. The van der Waals surface area contributed by atoms with Gasteiger partial charge < -0.3 is 24.6 Å². The maximum atomic E-state index is 14.2. The summed E-state index contributed by atoms with van der Waals surface area (Å²) in [7, 11) is 0. The Morgan fingerprint density at radius 3 is 2.36 bits per heavy atom. The first-order valence-electron chi connectivity index (χ1n) is 15.8. The lowest BCUT2D eigenvalue weighted by Gasteiger charge is -2.45. The van der Waals surface area contributed by atoms with Crippen LogP contribution in [0, 0.1) is 5.82 Å². The van der Waals surface area contributed by atoms with Crippen LogP contribution in [0.25, 0.3) is 0 Å². The van der Waals surface area contributed by atoms with E-state index in [1.165, 1.54) is 6.07 Å². The Bertz CT molecular complexity index is 1510. The van der Waals surface area contributed by atoms with Crippen LogP contribution in [0.2, 0.25) is 0 Å². The van der Waals surface area contributed by atoms with Gasteiger partial charge in [0, 0.05) is 44.8 Å². The minimum absolute atomic E-state index is 0.0401. The second-order valence-corrected chi connectivity index (χ2v) is 11.5. The minimum atomic E-state index is -0.542. The van der Waals surface area contributed by atoms with Crippen LogP contribution in [-0.4, -0.2) is 80.6 Å². The van der Waals surface area contributed by atoms with Crippen LogP contribution in [0.1, 0.15) is 59.3 Å². The zero-order valence-electron chi connectivity index (χ0n) is 25.6. The number of nitrogens with one attached hydrogen (secondary N) is 1. The highest BCUT2D eigenvalue weighted by Gasteiger charge is 2.46. The Morgan fingerprint density at radius 1 is 0.909 bits per heavy atom. The molecule has 3 aliphatic rings. The first-order valence-corrected chi connectivity index (χ1v) is 15.8. The summed E-state index contributed by atoms with van der Waals surface area (Å²) < 4.78 is 26.1. The number of anilines is 1. The van der Waals surface area contributed by atoms with Crippen molar-refractivity contribution in [2.24, 2.45) is 0 Å². The molecule has 6 rings (SSSR count). The third kappa shape index (κ3) is 5.85. The number of hydrogen-bond acceptors (Lipinski definition) is 6. The van der Waals surface area contributed by atoms with Gasteiger partial charge in [0.25, 0.3) is 5.91 Å². The van der Waals surface area contributed by atoms with Crippen LogP contribution in [0.4, 0.5) is 10.1 Å². The average molecular weight is 601 g/mol. The molecule has 1 saturated heterocycles. The van der Waals surface area contributed by atoms with Crippen molar-refractivity contribution < 1.29 is 23.5 Å². The lowest BCUT2D eigenvalue weighted by Crippen LogP contribution is -2.50. The summed E-state index contributed by atoms with van der Waals surface area (Å²) in [6.07, 6.45) is 1.49. The first-order chi connectivity index (χ1) is 21.5. The molecule has 3 heterocycles. The average Bonchev–Trinajstić information content (AvgIpc) is 3.04. The predicted octanol–water partition coefficient (Wildman–Crippen LogP) is 4.79. The number of rotatable bonds is 10. The normalized spacial score (nSPS) is 19.6. The summed E-state index contributed by atoms with van der Waals surface area (Å²) >= 11 is 0. The number of hydrogen-bond donors (Lipinski definition) is 1. The number of fused-ring (bicyclic) bond motifs is 4. The molecular weight excluding hydrogens is 559 g/mol. The lowest BCUT2D eigenvalue weighted by atomic mass is 9.75. The fourth-order valence-electron chi connectivity index (χ4n) is 6.90. The van der Waals surface area contributed by atoms with Crippen LogP contribution in [0.5, 0.6) is 11.5 Å². The Labute approximate surface area is 258 Å². The number of ether oxygens (including phenoxy) is 2. The van der Waals surface area contributed by atoms with Crippen molar-refractivity contribution in [1.82, 2.24) is 15.1 Å². The van der Waals surface area contributed by atoms with Crippen LogP contribution >= 0.6 is 0 Å².